The summed E-state index contributed by atoms with van der Waals surface area (Å²) in [5.41, 5.74) is 0.730. The van der Waals surface area contributed by atoms with Crippen LogP contribution in [0, 0.1) is 0 Å². The van der Waals surface area contributed by atoms with Crippen LogP contribution in [0.4, 0.5) is 4.79 Å². The maximum atomic E-state index is 11.3. The van der Waals surface area contributed by atoms with Crippen LogP contribution in [-0.4, -0.2) is 27.4 Å². The minimum absolute atomic E-state index is 0.228. The third-order valence-electron chi connectivity index (χ3n) is 2.36. The van der Waals surface area contributed by atoms with Crippen LogP contribution in [0.3, 0.4) is 0 Å². The van der Waals surface area contributed by atoms with Gasteiger partial charge in [0, 0.05) is 6.26 Å². The fourth-order valence-electron chi connectivity index (χ4n) is 1.53. The van der Waals surface area contributed by atoms with Gasteiger partial charge in [-0.2, -0.15) is 0 Å². The van der Waals surface area contributed by atoms with Crippen LogP contribution >= 0.6 is 0 Å². The summed E-state index contributed by atoms with van der Waals surface area (Å²) in [6, 6.07) is 6.21. The second-order valence-electron chi connectivity index (χ2n) is 3.64. The van der Waals surface area contributed by atoms with E-state index in [4.69, 9.17) is 4.74 Å². The second kappa shape index (κ2) is 3.79. The Hall–Kier alpha value is -1.56. The van der Waals surface area contributed by atoms with E-state index in [9.17, 15) is 13.2 Å². The van der Waals surface area contributed by atoms with Gasteiger partial charge in [0.05, 0.1) is 10.9 Å². The molecular formula is C10H11NO4S. The van der Waals surface area contributed by atoms with Gasteiger partial charge in [-0.1, -0.05) is 12.1 Å². The Balaban J connectivity index is 2.33. The van der Waals surface area contributed by atoms with Crippen molar-refractivity contribution in [2.75, 3.05) is 12.9 Å². The second-order valence-corrected chi connectivity index (χ2v) is 5.66. The number of hydrogen-bond donors (Lipinski definition) is 1. The molecule has 1 heterocycles. The SMILES string of the molecule is CS(=O)(=O)c1cccc(C2COC(=O)N2)c1. The molecule has 1 unspecified atom stereocenters. The molecule has 1 amide bonds. The summed E-state index contributed by atoms with van der Waals surface area (Å²) >= 11 is 0. The normalized spacial score (nSPS) is 20.3. The Morgan fingerprint density at radius 3 is 2.75 bits per heavy atom. The Bertz CT molecular complexity index is 523. The number of benzene rings is 1. The monoisotopic (exact) mass is 241 g/mol. The number of nitrogens with one attached hydrogen (secondary N) is 1. The van der Waals surface area contributed by atoms with Gasteiger partial charge in [0.1, 0.15) is 6.61 Å². The minimum atomic E-state index is -3.22. The molecule has 1 aromatic carbocycles. The summed E-state index contributed by atoms with van der Waals surface area (Å²) in [6.45, 7) is 0.228. The summed E-state index contributed by atoms with van der Waals surface area (Å²) in [5, 5.41) is 2.59. The predicted molar refractivity (Wildman–Crippen MR) is 56.8 cm³/mol. The molecule has 1 atom stereocenters. The van der Waals surface area contributed by atoms with E-state index in [1.807, 2.05) is 0 Å². The van der Waals surface area contributed by atoms with Gasteiger partial charge >= 0.3 is 6.09 Å². The average molecular weight is 241 g/mol. The maximum absolute atomic E-state index is 11.3. The number of amides is 1. The molecule has 16 heavy (non-hydrogen) atoms. The first-order valence-electron chi connectivity index (χ1n) is 4.70. The van der Waals surface area contributed by atoms with Crippen molar-refractivity contribution < 1.29 is 17.9 Å². The van der Waals surface area contributed by atoms with Gasteiger partial charge in [0.15, 0.2) is 9.84 Å². The molecule has 6 heteroatoms. The zero-order chi connectivity index (χ0) is 11.8. The quantitative estimate of drug-likeness (QED) is 0.834. The Morgan fingerprint density at radius 2 is 2.19 bits per heavy atom. The lowest BCUT2D eigenvalue weighted by atomic mass is 10.1. The first-order valence-corrected chi connectivity index (χ1v) is 6.59. The number of ether oxygens (including phenoxy) is 1. The summed E-state index contributed by atoms with van der Waals surface area (Å²) in [7, 11) is -3.22. The zero-order valence-corrected chi connectivity index (χ0v) is 9.45. The van der Waals surface area contributed by atoms with E-state index in [0.29, 0.717) is 0 Å². The first kappa shape index (κ1) is 10.9. The van der Waals surface area contributed by atoms with Crippen molar-refractivity contribution in [3.05, 3.63) is 29.8 Å². The van der Waals surface area contributed by atoms with Crippen molar-refractivity contribution in [1.29, 1.82) is 0 Å². The highest BCUT2D eigenvalue weighted by Gasteiger charge is 2.24. The van der Waals surface area contributed by atoms with E-state index in [0.717, 1.165) is 11.8 Å². The van der Waals surface area contributed by atoms with E-state index >= 15 is 0 Å². The molecule has 0 aliphatic carbocycles. The number of alkyl carbamates (subject to hydrolysis) is 1. The largest absolute Gasteiger partial charge is 0.447 e. The topological polar surface area (TPSA) is 72.5 Å². The van der Waals surface area contributed by atoms with Crippen molar-refractivity contribution in [3.63, 3.8) is 0 Å². The van der Waals surface area contributed by atoms with Crippen LogP contribution in [0.25, 0.3) is 0 Å². The number of cyclic esters (lactones) is 1. The third-order valence-corrected chi connectivity index (χ3v) is 3.47. The van der Waals surface area contributed by atoms with Crippen molar-refractivity contribution >= 4 is 15.9 Å². The van der Waals surface area contributed by atoms with Crippen molar-refractivity contribution in [2.45, 2.75) is 10.9 Å². The lowest BCUT2D eigenvalue weighted by Gasteiger charge is -2.08. The van der Waals surface area contributed by atoms with Crippen LogP contribution in [-0.2, 0) is 14.6 Å². The molecule has 5 nitrogen and oxygen atoms in total. The predicted octanol–water partition coefficient (Wildman–Crippen LogP) is 0.871. The molecular weight excluding hydrogens is 230 g/mol. The number of carbonyl (C=O) groups is 1. The minimum Gasteiger partial charge on any atom is -0.447 e. The van der Waals surface area contributed by atoms with Gasteiger partial charge in [-0.05, 0) is 17.7 Å². The lowest BCUT2D eigenvalue weighted by molar-refractivity contribution is 0.177. The highest BCUT2D eigenvalue weighted by molar-refractivity contribution is 7.90. The highest BCUT2D eigenvalue weighted by atomic mass is 32.2. The average Bonchev–Trinajstić information content (AvgIpc) is 2.64. The van der Waals surface area contributed by atoms with E-state index in [1.165, 1.54) is 6.07 Å². The van der Waals surface area contributed by atoms with Gasteiger partial charge in [0.2, 0.25) is 0 Å². The number of carbonyl (C=O) groups excluding carboxylic acids is 1. The molecule has 0 aromatic heterocycles. The Morgan fingerprint density at radius 1 is 1.44 bits per heavy atom. The molecule has 86 valence electrons. The van der Waals surface area contributed by atoms with Gasteiger partial charge in [0.25, 0.3) is 0 Å². The molecule has 1 aliphatic rings. The van der Waals surface area contributed by atoms with Crippen LogP contribution in [0.5, 0.6) is 0 Å². The highest BCUT2D eigenvalue weighted by Crippen LogP contribution is 2.20. The van der Waals surface area contributed by atoms with Gasteiger partial charge in [-0.25, -0.2) is 13.2 Å². The lowest BCUT2D eigenvalue weighted by Crippen LogP contribution is -2.18. The summed E-state index contributed by atoms with van der Waals surface area (Å²) in [5.74, 6) is 0. The van der Waals surface area contributed by atoms with E-state index in [-0.39, 0.29) is 17.5 Å². The third kappa shape index (κ3) is 2.16. The summed E-state index contributed by atoms with van der Waals surface area (Å²) in [6.07, 6.45) is 0.672. The molecule has 1 aromatic rings. The summed E-state index contributed by atoms with van der Waals surface area (Å²) < 4.78 is 27.4. The summed E-state index contributed by atoms with van der Waals surface area (Å²) in [4.78, 5) is 11.1. The van der Waals surface area contributed by atoms with Crippen molar-refractivity contribution in [3.8, 4) is 0 Å². The standard InChI is InChI=1S/C10H11NO4S/c1-16(13,14)8-4-2-3-7(5-8)9-6-15-10(12)11-9/h2-5,9H,6H2,1H3,(H,11,12). The molecule has 2 rings (SSSR count). The van der Waals surface area contributed by atoms with Crippen molar-refractivity contribution in [2.24, 2.45) is 0 Å². The van der Waals surface area contributed by atoms with E-state index in [2.05, 4.69) is 5.32 Å². The molecule has 0 radical (unpaired) electrons. The van der Waals surface area contributed by atoms with Crippen LogP contribution in [0.1, 0.15) is 11.6 Å². The van der Waals surface area contributed by atoms with Crippen LogP contribution in [0.2, 0.25) is 0 Å². The van der Waals surface area contributed by atoms with Crippen molar-refractivity contribution in [1.82, 2.24) is 5.32 Å². The fourth-order valence-corrected chi connectivity index (χ4v) is 2.20. The van der Waals surface area contributed by atoms with E-state index in [1.54, 1.807) is 18.2 Å². The first-order chi connectivity index (χ1) is 7.47. The fraction of sp³-hybridized carbons (Fsp3) is 0.300. The van der Waals surface area contributed by atoms with Crippen LogP contribution < -0.4 is 5.32 Å². The molecule has 0 saturated carbocycles. The molecule has 1 N–H and O–H groups in total. The molecule has 1 aliphatic heterocycles. The zero-order valence-electron chi connectivity index (χ0n) is 8.64. The number of sulfone groups is 1. The molecule has 0 bridgehead atoms. The molecule has 0 spiro atoms. The van der Waals surface area contributed by atoms with Crippen LogP contribution in [0.15, 0.2) is 29.2 Å². The maximum Gasteiger partial charge on any atom is 0.407 e. The molecule has 1 fully saturated rings. The molecule has 1 saturated heterocycles. The van der Waals surface area contributed by atoms with E-state index < -0.39 is 15.9 Å². The smallest absolute Gasteiger partial charge is 0.407 e. The number of rotatable bonds is 2. The Kier molecular flexibility index (Phi) is 2.59. The van der Waals surface area contributed by atoms with Gasteiger partial charge in [-0.3, -0.25) is 0 Å². The number of hydrogen-bond acceptors (Lipinski definition) is 4. The van der Waals surface area contributed by atoms with Gasteiger partial charge in [-0.15, -0.1) is 0 Å². The Labute approximate surface area is 93.3 Å². The van der Waals surface area contributed by atoms with Gasteiger partial charge < -0.3 is 10.1 Å².